The Bertz CT molecular complexity index is 2140. The van der Waals surface area contributed by atoms with Crippen molar-refractivity contribution in [3.63, 3.8) is 0 Å². The molecule has 1 nitrogen and oxygen atoms in total. The Morgan fingerprint density at radius 2 is 1.12 bits per heavy atom. The average Bonchev–Trinajstić information content (AvgIpc) is 3.42. The highest BCUT2D eigenvalue weighted by Gasteiger charge is 2.54. The molecule has 3 heterocycles. The maximum absolute atomic E-state index is 2.57. The first-order valence-corrected chi connectivity index (χ1v) is 18.5. The molecule has 0 fully saturated rings. The van der Waals surface area contributed by atoms with Gasteiger partial charge in [0.1, 0.15) is 8.07 Å². The fourth-order valence-electron chi connectivity index (χ4n) is 8.04. The molecule has 0 atom stereocenters. The van der Waals surface area contributed by atoms with Gasteiger partial charge in [-0.2, -0.15) is 0 Å². The molecule has 3 heteroatoms. The molecule has 2 aliphatic rings. The first-order valence-electron chi connectivity index (χ1n) is 14.7. The highest BCUT2D eigenvalue weighted by molar-refractivity contribution is 7.28. The molecule has 200 valence electrons. The first-order chi connectivity index (χ1) is 20.6. The largest absolute Gasteiger partial charge is 0.310 e. The Balaban J connectivity index is 1.50. The Morgan fingerprint density at radius 3 is 1.86 bits per heavy atom. The predicted molar refractivity (Wildman–Crippen MR) is 183 cm³/mol. The van der Waals surface area contributed by atoms with Gasteiger partial charge in [0.2, 0.25) is 0 Å². The molecule has 0 N–H and O–H groups in total. The van der Waals surface area contributed by atoms with Crippen molar-refractivity contribution >= 4 is 67.0 Å². The molecule has 0 saturated heterocycles. The number of para-hydroxylation sites is 3. The van der Waals surface area contributed by atoms with E-state index < -0.39 is 13.5 Å². The fourth-order valence-corrected chi connectivity index (χ4v) is 13.5. The fraction of sp³-hybridized carbons (Fsp3) is 0.0769. The minimum atomic E-state index is -2.10. The quantitative estimate of drug-likeness (QED) is 0.177. The lowest BCUT2D eigenvalue weighted by atomic mass is 9.62. The van der Waals surface area contributed by atoms with E-state index in [1.54, 1.807) is 10.4 Å². The van der Waals surface area contributed by atoms with Gasteiger partial charge in [0, 0.05) is 25.9 Å². The monoisotopic (exact) mass is 571 g/mol. The van der Waals surface area contributed by atoms with Crippen LogP contribution in [0.3, 0.4) is 0 Å². The van der Waals surface area contributed by atoms with E-state index in [9.17, 15) is 0 Å². The van der Waals surface area contributed by atoms with Crippen molar-refractivity contribution in [2.45, 2.75) is 18.5 Å². The van der Waals surface area contributed by atoms with E-state index in [-0.39, 0.29) is 0 Å². The van der Waals surface area contributed by atoms with Gasteiger partial charge in [-0.3, -0.25) is 0 Å². The Morgan fingerprint density at radius 1 is 0.524 bits per heavy atom. The van der Waals surface area contributed by atoms with Crippen LogP contribution in [-0.4, -0.2) is 8.07 Å². The van der Waals surface area contributed by atoms with Gasteiger partial charge in [0.05, 0.1) is 16.8 Å². The van der Waals surface area contributed by atoms with Crippen LogP contribution in [0.2, 0.25) is 13.1 Å². The number of fused-ring (bicyclic) bond motifs is 12. The summed E-state index contributed by atoms with van der Waals surface area (Å²) in [5.41, 5.74) is 8.88. The molecule has 0 bridgehead atoms. The van der Waals surface area contributed by atoms with Crippen LogP contribution >= 0.6 is 11.3 Å². The van der Waals surface area contributed by atoms with Gasteiger partial charge < -0.3 is 4.90 Å². The number of thiophene rings is 1. The zero-order valence-electron chi connectivity index (χ0n) is 23.6. The van der Waals surface area contributed by atoms with Crippen molar-refractivity contribution in [1.82, 2.24) is 0 Å². The number of nitrogens with zero attached hydrogens (tertiary/aromatic N) is 1. The number of anilines is 3. The lowest BCUT2D eigenvalue weighted by Crippen LogP contribution is -2.64. The molecule has 9 rings (SSSR count). The van der Waals surface area contributed by atoms with Crippen LogP contribution in [0.25, 0.3) is 20.2 Å². The Kier molecular flexibility index (Phi) is 4.92. The third-order valence-electron chi connectivity index (χ3n) is 9.69. The number of hydrogen-bond donors (Lipinski definition) is 0. The highest BCUT2D eigenvalue weighted by Crippen LogP contribution is 2.58. The third-order valence-corrected chi connectivity index (χ3v) is 14.6. The molecule has 0 saturated carbocycles. The van der Waals surface area contributed by atoms with Gasteiger partial charge in [-0.1, -0.05) is 122 Å². The van der Waals surface area contributed by atoms with Gasteiger partial charge in [-0.15, -0.1) is 11.3 Å². The summed E-state index contributed by atoms with van der Waals surface area (Å²) in [6, 6.07) is 52.3. The van der Waals surface area contributed by atoms with E-state index in [1.807, 2.05) is 11.3 Å². The van der Waals surface area contributed by atoms with Crippen molar-refractivity contribution < 1.29 is 0 Å². The van der Waals surface area contributed by atoms with Crippen LogP contribution in [0.5, 0.6) is 0 Å². The molecule has 7 aromatic rings. The number of rotatable bonds is 1. The smallest absolute Gasteiger partial charge is 0.114 e. The van der Waals surface area contributed by atoms with E-state index in [0.29, 0.717) is 0 Å². The molecule has 0 unspecified atom stereocenters. The van der Waals surface area contributed by atoms with Crippen LogP contribution in [0.4, 0.5) is 17.1 Å². The van der Waals surface area contributed by atoms with Gasteiger partial charge in [-0.25, -0.2) is 0 Å². The zero-order chi connectivity index (χ0) is 28.1. The minimum absolute atomic E-state index is 0.419. The zero-order valence-corrected chi connectivity index (χ0v) is 25.5. The Hall–Kier alpha value is -4.44. The standard InChI is InChI=1S/C39H29NSSi/c1-42(2)36-23-13-9-19-31(36)39(32-25-24-28-27-16-6-12-22-35(27)41-37(28)38(32)42)29-17-7-10-20-33(29)40(26-14-4-3-5-15-26)34-21-11-8-18-30(34)39/h3-25H,1-2H3. The van der Waals surface area contributed by atoms with Gasteiger partial charge >= 0.3 is 0 Å². The van der Waals surface area contributed by atoms with Crippen LogP contribution in [-0.2, 0) is 5.41 Å². The second kappa shape index (κ2) is 8.54. The molecule has 0 aliphatic carbocycles. The van der Waals surface area contributed by atoms with Crippen molar-refractivity contribution in [2.24, 2.45) is 0 Å². The lowest BCUT2D eigenvalue weighted by molar-refractivity contribution is 0.736. The summed E-state index contributed by atoms with van der Waals surface area (Å²) in [5.74, 6) is 0. The summed E-state index contributed by atoms with van der Waals surface area (Å²) in [6.07, 6.45) is 0. The predicted octanol–water partition coefficient (Wildman–Crippen LogP) is 9.36. The maximum atomic E-state index is 2.57. The number of hydrogen-bond acceptors (Lipinski definition) is 2. The average molecular weight is 572 g/mol. The third kappa shape index (κ3) is 2.92. The van der Waals surface area contributed by atoms with E-state index >= 15 is 0 Å². The van der Waals surface area contributed by atoms with E-state index in [4.69, 9.17) is 0 Å². The summed E-state index contributed by atoms with van der Waals surface area (Å²) >= 11 is 1.98. The molecule has 42 heavy (non-hydrogen) atoms. The molecule has 0 amide bonds. The van der Waals surface area contributed by atoms with Crippen LogP contribution < -0.4 is 15.3 Å². The molecule has 1 aromatic heterocycles. The van der Waals surface area contributed by atoms with Crippen LogP contribution in [0.1, 0.15) is 22.3 Å². The van der Waals surface area contributed by atoms with Crippen molar-refractivity contribution in [1.29, 1.82) is 0 Å². The molecule has 2 aliphatic heterocycles. The van der Waals surface area contributed by atoms with Crippen molar-refractivity contribution in [2.75, 3.05) is 4.90 Å². The summed E-state index contributed by atoms with van der Waals surface area (Å²) in [6.45, 7) is 5.14. The molecular weight excluding hydrogens is 543 g/mol. The van der Waals surface area contributed by atoms with Gasteiger partial charge in [0.15, 0.2) is 0 Å². The first kappa shape index (κ1) is 24.2. The summed E-state index contributed by atoms with van der Waals surface area (Å²) in [5, 5.41) is 5.91. The second-order valence-electron chi connectivity index (χ2n) is 12.1. The topological polar surface area (TPSA) is 3.24 Å². The second-order valence-corrected chi connectivity index (χ2v) is 17.4. The Labute approximate surface area is 251 Å². The summed E-state index contributed by atoms with van der Waals surface area (Å²) in [7, 11) is -2.10. The van der Waals surface area contributed by atoms with E-state index in [2.05, 4.69) is 158 Å². The van der Waals surface area contributed by atoms with Crippen LogP contribution in [0.15, 0.2) is 140 Å². The highest BCUT2D eigenvalue weighted by atomic mass is 32.1. The molecular formula is C39H29NSSi. The SMILES string of the molecule is C[Si]1(C)c2ccccc2C2(c3ccccc3N(c3ccccc3)c3ccccc32)c2ccc3c(sc4ccccc43)c21. The van der Waals surface area contributed by atoms with E-state index in [0.717, 1.165) is 0 Å². The normalized spacial score (nSPS) is 15.7. The lowest BCUT2D eigenvalue weighted by Gasteiger charge is -2.52. The maximum Gasteiger partial charge on any atom is 0.114 e. The van der Waals surface area contributed by atoms with E-state index in [1.165, 1.54) is 59.5 Å². The van der Waals surface area contributed by atoms with Crippen molar-refractivity contribution in [3.05, 3.63) is 162 Å². The number of benzene rings is 6. The summed E-state index contributed by atoms with van der Waals surface area (Å²) in [4.78, 5) is 2.47. The van der Waals surface area contributed by atoms with Crippen LogP contribution in [0, 0.1) is 0 Å². The molecule has 6 aromatic carbocycles. The molecule has 0 radical (unpaired) electrons. The minimum Gasteiger partial charge on any atom is -0.310 e. The summed E-state index contributed by atoms with van der Waals surface area (Å²) < 4.78 is 2.85. The van der Waals surface area contributed by atoms with Gasteiger partial charge in [-0.05, 0) is 63.0 Å². The van der Waals surface area contributed by atoms with Gasteiger partial charge in [0.25, 0.3) is 0 Å². The molecule has 1 spiro atoms. The van der Waals surface area contributed by atoms with Crippen molar-refractivity contribution in [3.8, 4) is 0 Å².